The average Bonchev–Trinajstić information content (AvgIpc) is 2.98. The molecule has 1 aliphatic heterocycles. The molecule has 0 bridgehead atoms. The van der Waals surface area contributed by atoms with E-state index >= 15 is 0 Å². The molecule has 0 spiro atoms. The first kappa shape index (κ1) is 14.2. The summed E-state index contributed by atoms with van der Waals surface area (Å²) in [5.41, 5.74) is 1.15. The van der Waals surface area contributed by atoms with Crippen molar-refractivity contribution in [1.82, 2.24) is 5.32 Å². The van der Waals surface area contributed by atoms with Crippen molar-refractivity contribution in [3.8, 4) is 11.5 Å². The Morgan fingerprint density at radius 2 is 2.21 bits per heavy atom. The molecule has 2 atom stereocenters. The normalized spacial score (nSPS) is 20.3. The fourth-order valence-electron chi connectivity index (χ4n) is 2.65. The van der Waals surface area contributed by atoms with Crippen LogP contribution in [0.2, 0.25) is 0 Å². The maximum atomic E-state index is 5.52. The molecule has 1 aromatic rings. The Morgan fingerprint density at radius 3 is 2.79 bits per heavy atom. The van der Waals surface area contributed by atoms with Crippen molar-refractivity contribution in [3.05, 3.63) is 23.8 Å². The molecule has 1 saturated heterocycles. The third kappa shape index (κ3) is 3.19. The Morgan fingerprint density at radius 1 is 1.37 bits per heavy atom. The zero-order chi connectivity index (χ0) is 13.7. The molecule has 106 valence electrons. The second-order valence-electron chi connectivity index (χ2n) is 4.77. The number of ether oxygens (including phenoxy) is 3. The van der Waals surface area contributed by atoms with Crippen LogP contribution in [0.4, 0.5) is 0 Å². The van der Waals surface area contributed by atoms with Crippen molar-refractivity contribution in [2.45, 2.75) is 19.4 Å². The molecule has 1 aliphatic rings. The second-order valence-corrected chi connectivity index (χ2v) is 4.77. The van der Waals surface area contributed by atoms with Gasteiger partial charge in [-0.15, -0.1) is 0 Å². The lowest BCUT2D eigenvalue weighted by Crippen LogP contribution is -2.29. The first-order chi connectivity index (χ1) is 9.30. The molecule has 4 heteroatoms. The van der Waals surface area contributed by atoms with Crippen LogP contribution in [0.15, 0.2) is 18.2 Å². The molecule has 0 aliphatic carbocycles. The number of benzene rings is 1. The molecule has 1 aromatic carbocycles. The van der Waals surface area contributed by atoms with E-state index in [1.54, 1.807) is 14.2 Å². The molecule has 0 saturated carbocycles. The Hall–Kier alpha value is -1.26. The van der Waals surface area contributed by atoms with Crippen molar-refractivity contribution in [1.29, 1.82) is 0 Å². The van der Waals surface area contributed by atoms with Crippen LogP contribution in [0.5, 0.6) is 11.5 Å². The minimum Gasteiger partial charge on any atom is -0.497 e. The van der Waals surface area contributed by atoms with Gasteiger partial charge in [-0.3, -0.25) is 0 Å². The van der Waals surface area contributed by atoms with Crippen LogP contribution in [-0.2, 0) is 4.74 Å². The quantitative estimate of drug-likeness (QED) is 0.857. The van der Waals surface area contributed by atoms with E-state index < -0.39 is 0 Å². The first-order valence-corrected chi connectivity index (χ1v) is 6.83. The topological polar surface area (TPSA) is 39.7 Å². The highest BCUT2D eigenvalue weighted by Crippen LogP contribution is 2.36. The van der Waals surface area contributed by atoms with Crippen molar-refractivity contribution in [2.75, 3.05) is 34.0 Å². The van der Waals surface area contributed by atoms with E-state index in [2.05, 4.69) is 18.3 Å². The van der Waals surface area contributed by atoms with Crippen molar-refractivity contribution in [3.63, 3.8) is 0 Å². The SMILES string of the molecule is CCNC(c1cc(OC)ccc1OC)C1CCOC1. The molecular formula is C15H23NO3. The minimum absolute atomic E-state index is 0.248. The Kier molecular flexibility index (Phi) is 5.05. The van der Waals surface area contributed by atoms with Gasteiger partial charge >= 0.3 is 0 Å². The zero-order valence-electron chi connectivity index (χ0n) is 11.9. The van der Waals surface area contributed by atoms with Gasteiger partial charge in [0.15, 0.2) is 0 Å². The number of methoxy groups -OCH3 is 2. The first-order valence-electron chi connectivity index (χ1n) is 6.83. The van der Waals surface area contributed by atoms with E-state index in [1.165, 1.54) is 0 Å². The summed E-state index contributed by atoms with van der Waals surface area (Å²) in [6.45, 7) is 4.69. The summed E-state index contributed by atoms with van der Waals surface area (Å²) >= 11 is 0. The summed E-state index contributed by atoms with van der Waals surface area (Å²) in [6.07, 6.45) is 1.08. The van der Waals surface area contributed by atoms with Crippen LogP contribution in [0, 0.1) is 5.92 Å². The number of nitrogens with one attached hydrogen (secondary N) is 1. The fourth-order valence-corrected chi connectivity index (χ4v) is 2.65. The van der Waals surface area contributed by atoms with E-state index in [0.29, 0.717) is 5.92 Å². The smallest absolute Gasteiger partial charge is 0.123 e. The average molecular weight is 265 g/mol. The van der Waals surface area contributed by atoms with Gasteiger partial charge in [0.25, 0.3) is 0 Å². The van der Waals surface area contributed by atoms with E-state index in [-0.39, 0.29) is 6.04 Å². The molecule has 2 rings (SSSR count). The molecule has 0 amide bonds. The summed E-state index contributed by atoms with van der Waals surface area (Å²) < 4.78 is 16.3. The Balaban J connectivity index is 2.32. The zero-order valence-corrected chi connectivity index (χ0v) is 11.9. The molecular weight excluding hydrogens is 242 g/mol. The van der Waals surface area contributed by atoms with Crippen molar-refractivity contribution >= 4 is 0 Å². The van der Waals surface area contributed by atoms with Gasteiger partial charge in [0.05, 0.1) is 20.8 Å². The molecule has 2 unspecified atom stereocenters. The monoisotopic (exact) mass is 265 g/mol. The summed E-state index contributed by atoms with van der Waals surface area (Å²) in [7, 11) is 3.39. The third-order valence-electron chi connectivity index (χ3n) is 3.63. The van der Waals surface area contributed by atoms with Gasteiger partial charge in [0.1, 0.15) is 11.5 Å². The minimum atomic E-state index is 0.248. The molecule has 19 heavy (non-hydrogen) atoms. The largest absolute Gasteiger partial charge is 0.497 e. The summed E-state index contributed by atoms with van der Waals surface area (Å²) in [5, 5.41) is 3.55. The third-order valence-corrected chi connectivity index (χ3v) is 3.63. The van der Waals surface area contributed by atoms with E-state index in [9.17, 15) is 0 Å². The molecule has 0 aromatic heterocycles. The van der Waals surface area contributed by atoms with Crippen LogP contribution in [0.1, 0.15) is 24.9 Å². The van der Waals surface area contributed by atoms with Gasteiger partial charge in [-0.2, -0.15) is 0 Å². The lowest BCUT2D eigenvalue weighted by molar-refractivity contribution is 0.176. The van der Waals surface area contributed by atoms with E-state index in [4.69, 9.17) is 14.2 Å². The molecule has 0 radical (unpaired) electrons. The van der Waals surface area contributed by atoms with Gasteiger partial charge in [-0.25, -0.2) is 0 Å². The van der Waals surface area contributed by atoms with Crippen LogP contribution < -0.4 is 14.8 Å². The van der Waals surface area contributed by atoms with Crippen molar-refractivity contribution in [2.24, 2.45) is 5.92 Å². The summed E-state index contributed by atoms with van der Waals surface area (Å²) in [4.78, 5) is 0. The van der Waals surface area contributed by atoms with Crippen LogP contribution >= 0.6 is 0 Å². The van der Waals surface area contributed by atoms with E-state index in [1.807, 2.05) is 12.1 Å². The van der Waals surface area contributed by atoms with Crippen LogP contribution in [0.3, 0.4) is 0 Å². The number of hydrogen-bond acceptors (Lipinski definition) is 4. The second kappa shape index (κ2) is 6.78. The number of rotatable bonds is 6. The molecule has 1 fully saturated rings. The van der Waals surface area contributed by atoms with Gasteiger partial charge in [0.2, 0.25) is 0 Å². The van der Waals surface area contributed by atoms with Crippen LogP contribution in [0.25, 0.3) is 0 Å². The molecule has 1 heterocycles. The van der Waals surface area contributed by atoms with Gasteiger partial charge < -0.3 is 19.5 Å². The highest BCUT2D eigenvalue weighted by Gasteiger charge is 2.28. The maximum Gasteiger partial charge on any atom is 0.123 e. The molecule has 4 nitrogen and oxygen atoms in total. The lowest BCUT2D eigenvalue weighted by Gasteiger charge is -2.25. The number of hydrogen-bond donors (Lipinski definition) is 1. The fraction of sp³-hybridized carbons (Fsp3) is 0.600. The van der Waals surface area contributed by atoms with Gasteiger partial charge in [-0.1, -0.05) is 6.92 Å². The van der Waals surface area contributed by atoms with Crippen LogP contribution in [-0.4, -0.2) is 34.0 Å². The highest BCUT2D eigenvalue weighted by molar-refractivity contribution is 5.42. The lowest BCUT2D eigenvalue weighted by atomic mass is 9.91. The summed E-state index contributed by atoms with van der Waals surface area (Å²) in [5.74, 6) is 2.25. The highest BCUT2D eigenvalue weighted by atomic mass is 16.5. The van der Waals surface area contributed by atoms with Gasteiger partial charge in [0, 0.05) is 24.1 Å². The van der Waals surface area contributed by atoms with Crippen molar-refractivity contribution < 1.29 is 14.2 Å². The predicted molar refractivity (Wildman–Crippen MR) is 74.9 cm³/mol. The van der Waals surface area contributed by atoms with E-state index in [0.717, 1.165) is 43.2 Å². The standard InChI is InChI=1S/C15H23NO3/c1-4-16-15(11-7-8-19-10-11)13-9-12(17-2)5-6-14(13)18-3/h5-6,9,11,15-16H,4,7-8,10H2,1-3H3. The Bertz CT molecular complexity index is 402. The Labute approximate surface area is 115 Å². The van der Waals surface area contributed by atoms with Gasteiger partial charge in [-0.05, 0) is 31.2 Å². The predicted octanol–water partition coefficient (Wildman–Crippen LogP) is 2.39. The summed E-state index contributed by atoms with van der Waals surface area (Å²) in [6, 6.07) is 6.20. The maximum absolute atomic E-state index is 5.52. The molecule has 1 N–H and O–H groups in total.